The van der Waals surface area contributed by atoms with E-state index in [0.29, 0.717) is 0 Å². The second kappa shape index (κ2) is 2.74. The maximum absolute atomic E-state index is 12.2. The van der Waals surface area contributed by atoms with Gasteiger partial charge in [0.25, 0.3) is 0 Å². The monoisotopic (exact) mass is 198 g/mol. The van der Waals surface area contributed by atoms with Crippen LogP contribution in [-0.2, 0) is 4.74 Å². The zero-order valence-electron chi connectivity index (χ0n) is 4.30. The van der Waals surface area contributed by atoms with Gasteiger partial charge in [0.15, 0.2) is 0 Å². The molecule has 1 nitrogen and oxygen atoms in total. The molecule has 0 spiro atoms. The molecule has 0 aromatic heterocycles. The second-order valence-corrected chi connectivity index (χ2v) is 2.94. The average Bonchev–Trinajstić information content (AvgIpc) is 1.64. The Morgan fingerprint density at radius 1 is 1.22 bits per heavy atom. The number of hydrogen-bond acceptors (Lipinski definition) is 1. The molecule has 0 heterocycles. The van der Waals surface area contributed by atoms with E-state index in [9.17, 15) is 8.78 Å². The third kappa shape index (κ3) is 2.42. The maximum atomic E-state index is 12.2. The number of alkyl halides is 5. The standard InChI is InChI=1S/C3H3Cl3F2O/c1-9-3(6,8)2(4,5)7/h1H3/t3-/m1/s1. The van der Waals surface area contributed by atoms with Crippen molar-refractivity contribution in [1.82, 2.24) is 0 Å². The van der Waals surface area contributed by atoms with Gasteiger partial charge in [0.1, 0.15) is 0 Å². The molecule has 0 saturated heterocycles. The molecule has 0 rings (SSSR count). The smallest absolute Gasteiger partial charge is 0.333 e. The van der Waals surface area contributed by atoms with Crippen molar-refractivity contribution in [3.63, 3.8) is 0 Å². The Morgan fingerprint density at radius 3 is 1.56 bits per heavy atom. The molecule has 0 amide bonds. The normalized spacial score (nSPS) is 19.3. The van der Waals surface area contributed by atoms with Gasteiger partial charge in [0, 0.05) is 7.11 Å². The van der Waals surface area contributed by atoms with Gasteiger partial charge in [-0.1, -0.05) is 23.2 Å². The van der Waals surface area contributed by atoms with Crippen LogP contribution in [0.15, 0.2) is 0 Å². The highest BCUT2D eigenvalue weighted by Gasteiger charge is 2.51. The van der Waals surface area contributed by atoms with E-state index in [1.807, 2.05) is 0 Å². The lowest BCUT2D eigenvalue weighted by Crippen LogP contribution is -2.34. The van der Waals surface area contributed by atoms with Crippen molar-refractivity contribution in [2.24, 2.45) is 0 Å². The SMILES string of the molecule is CO[C@@](F)(Cl)C(F)(Cl)Cl. The molecule has 0 saturated carbocycles. The van der Waals surface area contributed by atoms with Gasteiger partial charge in [-0.2, -0.15) is 8.78 Å². The van der Waals surface area contributed by atoms with Crippen molar-refractivity contribution < 1.29 is 13.5 Å². The summed E-state index contributed by atoms with van der Waals surface area (Å²) in [5, 5.41) is -3.18. The van der Waals surface area contributed by atoms with Crippen molar-refractivity contribution in [2.45, 2.75) is 9.90 Å². The van der Waals surface area contributed by atoms with Crippen LogP contribution in [0.4, 0.5) is 8.78 Å². The van der Waals surface area contributed by atoms with Gasteiger partial charge in [-0.25, -0.2) is 0 Å². The summed E-state index contributed by atoms with van der Waals surface area (Å²) in [6, 6.07) is 0. The molecule has 0 aliphatic heterocycles. The molecule has 0 aliphatic carbocycles. The molecule has 0 fully saturated rings. The first-order valence-electron chi connectivity index (χ1n) is 1.81. The van der Waals surface area contributed by atoms with Gasteiger partial charge in [-0.3, -0.25) is 0 Å². The molecule has 9 heavy (non-hydrogen) atoms. The van der Waals surface area contributed by atoms with Gasteiger partial charge in [-0.15, -0.1) is 0 Å². The molecule has 6 heteroatoms. The second-order valence-electron chi connectivity index (χ2n) is 1.22. The summed E-state index contributed by atoms with van der Waals surface area (Å²) in [7, 11) is 0.839. The number of methoxy groups -OCH3 is 1. The average molecular weight is 199 g/mol. The Kier molecular flexibility index (Phi) is 2.95. The number of ether oxygens (including phenoxy) is 1. The van der Waals surface area contributed by atoms with Crippen LogP contribution in [0.5, 0.6) is 0 Å². The largest absolute Gasteiger partial charge is 0.349 e. The van der Waals surface area contributed by atoms with Crippen molar-refractivity contribution in [1.29, 1.82) is 0 Å². The Labute approximate surface area is 65.8 Å². The number of rotatable bonds is 2. The highest BCUT2D eigenvalue weighted by Crippen LogP contribution is 2.41. The summed E-state index contributed by atoms with van der Waals surface area (Å²) in [5.41, 5.74) is 0. The first-order chi connectivity index (χ1) is 3.81. The molecular weight excluding hydrogens is 196 g/mol. The van der Waals surface area contributed by atoms with Gasteiger partial charge >= 0.3 is 9.90 Å². The molecule has 0 bridgehead atoms. The first-order valence-corrected chi connectivity index (χ1v) is 2.94. The van der Waals surface area contributed by atoms with Gasteiger partial charge < -0.3 is 4.74 Å². The Bertz CT molecular complexity index is 99.7. The summed E-state index contributed by atoms with van der Waals surface area (Å²) in [4.78, 5) is 0. The van der Waals surface area contributed by atoms with E-state index in [-0.39, 0.29) is 0 Å². The predicted molar refractivity (Wildman–Crippen MR) is 32.2 cm³/mol. The molecule has 0 aliphatic rings. The van der Waals surface area contributed by atoms with Crippen molar-refractivity contribution in [2.75, 3.05) is 7.11 Å². The van der Waals surface area contributed by atoms with Crippen molar-refractivity contribution in [3.05, 3.63) is 0 Å². The number of hydrogen-bond donors (Lipinski definition) is 0. The van der Waals surface area contributed by atoms with Crippen LogP contribution >= 0.6 is 34.8 Å². The third-order valence-electron chi connectivity index (χ3n) is 0.586. The Balaban J connectivity index is 4.14. The Morgan fingerprint density at radius 2 is 1.56 bits per heavy atom. The summed E-state index contributed by atoms with van der Waals surface area (Å²) in [6.45, 7) is 0. The van der Waals surface area contributed by atoms with Crippen molar-refractivity contribution >= 4 is 34.8 Å². The fourth-order valence-corrected chi connectivity index (χ4v) is 0.270. The minimum atomic E-state index is -3.23. The summed E-state index contributed by atoms with van der Waals surface area (Å²) in [5.74, 6) is 0. The minimum absolute atomic E-state index is 0.839. The van der Waals surface area contributed by atoms with Crippen LogP contribution in [0.1, 0.15) is 0 Å². The van der Waals surface area contributed by atoms with Crippen molar-refractivity contribution in [3.8, 4) is 0 Å². The van der Waals surface area contributed by atoms with Gasteiger partial charge in [0.05, 0.1) is 0 Å². The van der Waals surface area contributed by atoms with Crippen LogP contribution in [0, 0.1) is 0 Å². The molecule has 1 atom stereocenters. The fourth-order valence-electron chi connectivity index (χ4n) is 0.116. The molecule has 0 aromatic carbocycles. The third-order valence-corrected chi connectivity index (χ3v) is 1.68. The minimum Gasteiger partial charge on any atom is -0.333 e. The van der Waals surface area contributed by atoms with E-state index < -0.39 is 9.90 Å². The van der Waals surface area contributed by atoms with E-state index in [2.05, 4.69) is 39.5 Å². The van der Waals surface area contributed by atoms with Gasteiger partial charge in [-0.05, 0) is 11.6 Å². The summed E-state index contributed by atoms with van der Waals surface area (Å²) >= 11 is 13.9. The molecule has 0 N–H and O–H groups in total. The topological polar surface area (TPSA) is 9.23 Å². The van der Waals surface area contributed by atoms with E-state index in [4.69, 9.17) is 0 Å². The molecule has 56 valence electrons. The highest BCUT2D eigenvalue weighted by molar-refractivity contribution is 6.51. The van der Waals surface area contributed by atoms with E-state index in [0.717, 1.165) is 7.11 Å². The molecular formula is C3H3Cl3F2O. The lowest BCUT2D eigenvalue weighted by molar-refractivity contribution is -0.0897. The molecule has 0 aromatic rings. The fraction of sp³-hybridized carbons (Fsp3) is 1.00. The van der Waals surface area contributed by atoms with E-state index in [1.54, 1.807) is 0 Å². The van der Waals surface area contributed by atoms with Gasteiger partial charge in [0.2, 0.25) is 0 Å². The summed E-state index contributed by atoms with van der Waals surface area (Å²) < 4.78 is 24.8. The van der Waals surface area contributed by atoms with Crippen LogP contribution in [0.3, 0.4) is 0 Å². The lowest BCUT2D eigenvalue weighted by atomic mass is 10.7. The summed E-state index contributed by atoms with van der Waals surface area (Å²) in [6.07, 6.45) is 0. The lowest BCUT2D eigenvalue weighted by Gasteiger charge is -2.21. The van der Waals surface area contributed by atoms with E-state index in [1.165, 1.54) is 0 Å². The highest BCUT2D eigenvalue weighted by atomic mass is 35.5. The predicted octanol–water partition coefficient (Wildman–Crippen LogP) is 2.60. The van der Waals surface area contributed by atoms with Crippen LogP contribution in [0.2, 0.25) is 0 Å². The molecule has 0 radical (unpaired) electrons. The quantitative estimate of drug-likeness (QED) is 0.621. The Hall–Kier alpha value is 0.690. The van der Waals surface area contributed by atoms with Crippen LogP contribution < -0.4 is 0 Å². The maximum Gasteiger partial charge on any atom is 0.349 e. The zero-order chi connectivity index (χ0) is 7.71. The van der Waals surface area contributed by atoms with Crippen LogP contribution in [0.25, 0.3) is 0 Å². The molecule has 0 unspecified atom stereocenters. The van der Waals surface area contributed by atoms with E-state index >= 15 is 0 Å². The zero-order valence-corrected chi connectivity index (χ0v) is 6.57. The van der Waals surface area contributed by atoms with Crippen LogP contribution in [-0.4, -0.2) is 17.0 Å². The number of halogens is 5. The first kappa shape index (κ1) is 9.69.